The molecule has 1 aliphatic heterocycles. The van der Waals surface area contributed by atoms with Crippen LogP contribution in [0.5, 0.6) is 0 Å². The first-order valence-electron chi connectivity index (χ1n) is 6.90. The second-order valence-electron chi connectivity index (χ2n) is 6.25. The lowest BCUT2D eigenvalue weighted by Gasteiger charge is -2.37. The highest BCUT2D eigenvalue weighted by atomic mass is 16.5. The molecule has 21 heavy (non-hydrogen) atoms. The van der Waals surface area contributed by atoms with Gasteiger partial charge in [0.15, 0.2) is 0 Å². The average Bonchev–Trinajstić information content (AvgIpc) is 2.44. The van der Waals surface area contributed by atoms with Crippen LogP contribution in [0.3, 0.4) is 0 Å². The molecule has 0 aromatic heterocycles. The van der Waals surface area contributed by atoms with E-state index >= 15 is 0 Å². The normalized spacial score (nSPS) is 22.4. The van der Waals surface area contributed by atoms with Crippen LogP contribution in [0.1, 0.15) is 27.2 Å². The highest BCUT2D eigenvalue weighted by molar-refractivity contribution is 5.82. The van der Waals surface area contributed by atoms with Crippen LogP contribution in [0.2, 0.25) is 0 Å². The highest BCUT2D eigenvalue weighted by Gasteiger charge is 2.36. The third kappa shape index (κ3) is 4.61. The zero-order valence-corrected chi connectivity index (χ0v) is 13.3. The van der Waals surface area contributed by atoms with E-state index in [9.17, 15) is 14.4 Å². The number of nitrogens with one attached hydrogen (secondary N) is 1. The molecule has 2 unspecified atom stereocenters. The lowest BCUT2D eigenvalue weighted by atomic mass is 9.91. The van der Waals surface area contributed by atoms with Gasteiger partial charge in [-0.3, -0.25) is 9.59 Å². The fraction of sp³-hybridized carbons (Fsp3) is 0.786. The van der Waals surface area contributed by atoms with Gasteiger partial charge < -0.3 is 19.7 Å². The van der Waals surface area contributed by atoms with E-state index in [0.717, 1.165) is 0 Å². The van der Waals surface area contributed by atoms with Crippen molar-refractivity contribution >= 4 is 18.0 Å². The minimum Gasteiger partial charge on any atom is -0.469 e. The van der Waals surface area contributed by atoms with Crippen molar-refractivity contribution in [3.8, 4) is 0 Å². The number of hydrogen-bond acceptors (Lipinski definition) is 5. The van der Waals surface area contributed by atoms with Crippen LogP contribution in [0.4, 0.5) is 4.79 Å². The minimum atomic E-state index is -0.533. The van der Waals surface area contributed by atoms with Crippen molar-refractivity contribution in [3.63, 3.8) is 0 Å². The summed E-state index contributed by atoms with van der Waals surface area (Å²) in [6.07, 6.45) is -0.0688. The van der Waals surface area contributed by atoms with Crippen molar-refractivity contribution < 1.29 is 23.9 Å². The first-order chi connectivity index (χ1) is 9.68. The van der Waals surface area contributed by atoms with Gasteiger partial charge in [0.2, 0.25) is 5.91 Å². The first kappa shape index (κ1) is 17.3. The summed E-state index contributed by atoms with van der Waals surface area (Å²) in [5.74, 6) is -0.977. The molecule has 2 atom stereocenters. The fourth-order valence-electron chi connectivity index (χ4n) is 2.22. The molecule has 1 saturated heterocycles. The molecule has 1 N–H and O–H groups in total. The van der Waals surface area contributed by atoms with E-state index in [1.807, 2.05) is 0 Å². The Bertz CT molecular complexity index is 392. The molecular formula is C14H24N2O5. The van der Waals surface area contributed by atoms with Gasteiger partial charge in [0.05, 0.1) is 20.1 Å². The van der Waals surface area contributed by atoms with Crippen molar-refractivity contribution in [1.29, 1.82) is 0 Å². The SMILES string of the molecule is COC(=O)C1CC(NC(=O)C(C)(C)C)CN(C(=O)OC)C1. The molecule has 0 radical (unpaired) electrons. The molecule has 1 fully saturated rings. The van der Waals surface area contributed by atoms with E-state index in [1.165, 1.54) is 19.1 Å². The number of nitrogens with zero attached hydrogens (tertiary/aromatic N) is 1. The summed E-state index contributed by atoms with van der Waals surface area (Å²) < 4.78 is 9.44. The predicted molar refractivity (Wildman–Crippen MR) is 75.5 cm³/mol. The van der Waals surface area contributed by atoms with E-state index in [2.05, 4.69) is 5.32 Å². The number of esters is 1. The molecule has 0 aromatic rings. The maximum absolute atomic E-state index is 12.1. The van der Waals surface area contributed by atoms with E-state index in [4.69, 9.17) is 9.47 Å². The molecule has 7 nitrogen and oxygen atoms in total. The second-order valence-corrected chi connectivity index (χ2v) is 6.25. The Kier molecular flexibility index (Phi) is 5.57. The van der Waals surface area contributed by atoms with Gasteiger partial charge in [-0.15, -0.1) is 0 Å². The van der Waals surface area contributed by atoms with Crippen LogP contribution in [0.25, 0.3) is 0 Å². The first-order valence-corrected chi connectivity index (χ1v) is 6.90. The smallest absolute Gasteiger partial charge is 0.409 e. The molecule has 1 rings (SSSR count). The summed E-state index contributed by atoms with van der Waals surface area (Å²) >= 11 is 0. The van der Waals surface area contributed by atoms with Crippen molar-refractivity contribution in [2.45, 2.75) is 33.2 Å². The Morgan fingerprint density at radius 1 is 1.10 bits per heavy atom. The van der Waals surface area contributed by atoms with Gasteiger partial charge in [-0.25, -0.2) is 4.79 Å². The Hall–Kier alpha value is -1.79. The zero-order valence-electron chi connectivity index (χ0n) is 13.3. The van der Waals surface area contributed by atoms with Crippen molar-refractivity contribution in [2.24, 2.45) is 11.3 Å². The van der Waals surface area contributed by atoms with Crippen LogP contribution < -0.4 is 5.32 Å². The minimum absolute atomic E-state index is 0.122. The number of ether oxygens (including phenoxy) is 2. The van der Waals surface area contributed by atoms with Crippen LogP contribution in [-0.2, 0) is 19.1 Å². The van der Waals surface area contributed by atoms with Gasteiger partial charge in [0.25, 0.3) is 0 Å². The Morgan fingerprint density at radius 3 is 2.19 bits per heavy atom. The summed E-state index contributed by atoms with van der Waals surface area (Å²) in [7, 11) is 2.59. The molecule has 2 amide bonds. The molecule has 1 aliphatic rings. The summed E-state index contributed by atoms with van der Waals surface area (Å²) in [5, 5.41) is 2.88. The number of hydrogen-bond donors (Lipinski definition) is 1. The largest absolute Gasteiger partial charge is 0.469 e. The van der Waals surface area contributed by atoms with E-state index in [1.54, 1.807) is 20.8 Å². The number of carbonyl (C=O) groups excluding carboxylic acids is 3. The molecule has 7 heteroatoms. The van der Waals surface area contributed by atoms with Gasteiger partial charge in [0.1, 0.15) is 0 Å². The van der Waals surface area contributed by atoms with Gasteiger partial charge in [-0.2, -0.15) is 0 Å². The molecular weight excluding hydrogens is 276 g/mol. The summed E-state index contributed by atoms with van der Waals surface area (Å²) in [4.78, 5) is 36.9. The topological polar surface area (TPSA) is 84.9 Å². The maximum Gasteiger partial charge on any atom is 0.409 e. The van der Waals surface area contributed by atoms with Gasteiger partial charge in [-0.05, 0) is 6.42 Å². The third-order valence-electron chi connectivity index (χ3n) is 3.43. The Balaban J connectivity index is 2.81. The number of likely N-dealkylation sites (tertiary alicyclic amines) is 1. The van der Waals surface area contributed by atoms with E-state index in [-0.39, 0.29) is 18.5 Å². The number of methoxy groups -OCH3 is 2. The van der Waals surface area contributed by atoms with Crippen LogP contribution in [-0.4, -0.2) is 56.2 Å². The van der Waals surface area contributed by atoms with Crippen molar-refractivity contribution in [2.75, 3.05) is 27.3 Å². The lowest BCUT2D eigenvalue weighted by molar-refractivity contribution is -0.148. The fourth-order valence-corrected chi connectivity index (χ4v) is 2.22. The van der Waals surface area contributed by atoms with Gasteiger partial charge in [0, 0.05) is 24.5 Å². The monoisotopic (exact) mass is 300 g/mol. The van der Waals surface area contributed by atoms with E-state index < -0.39 is 23.4 Å². The van der Waals surface area contributed by atoms with Crippen molar-refractivity contribution in [1.82, 2.24) is 10.2 Å². The van der Waals surface area contributed by atoms with Crippen LogP contribution in [0.15, 0.2) is 0 Å². The van der Waals surface area contributed by atoms with Crippen molar-refractivity contribution in [3.05, 3.63) is 0 Å². The molecule has 0 aromatic carbocycles. The summed E-state index contributed by atoms with van der Waals surface area (Å²) in [6, 6.07) is -0.298. The maximum atomic E-state index is 12.1. The zero-order chi connectivity index (χ0) is 16.2. The molecule has 0 aliphatic carbocycles. The third-order valence-corrected chi connectivity index (χ3v) is 3.43. The predicted octanol–water partition coefficient (Wildman–Crippen LogP) is 0.779. The quantitative estimate of drug-likeness (QED) is 0.762. The van der Waals surface area contributed by atoms with Gasteiger partial charge in [-0.1, -0.05) is 20.8 Å². The number of carbonyl (C=O) groups is 3. The lowest BCUT2D eigenvalue weighted by Crippen LogP contribution is -2.55. The number of amides is 2. The molecule has 120 valence electrons. The highest BCUT2D eigenvalue weighted by Crippen LogP contribution is 2.21. The Morgan fingerprint density at radius 2 is 1.71 bits per heavy atom. The standard InChI is InChI=1S/C14H24N2O5/c1-14(2,3)12(18)15-10-6-9(11(17)20-4)7-16(8-10)13(19)21-5/h9-10H,6-8H2,1-5H3,(H,15,18). The second kappa shape index (κ2) is 6.78. The van der Waals surface area contributed by atoms with E-state index in [0.29, 0.717) is 13.0 Å². The Labute approximate surface area is 124 Å². The van der Waals surface area contributed by atoms with Gasteiger partial charge >= 0.3 is 12.1 Å². The number of piperidine rings is 1. The number of rotatable bonds is 2. The average molecular weight is 300 g/mol. The molecule has 1 heterocycles. The summed E-state index contributed by atoms with van der Waals surface area (Å²) in [6.45, 7) is 5.98. The summed E-state index contributed by atoms with van der Waals surface area (Å²) in [5.41, 5.74) is -0.533. The molecule has 0 saturated carbocycles. The molecule has 0 bridgehead atoms. The van der Waals surface area contributed by atoms with Crippen LogP contribution >= 0.6 is 0 Å². The van der Waals surface area contributed by atoms with Crippen LogP contribution in [0, 0.1) is 11.3 Å². The molecule has 0 spiro atoms.